The van der Waals surface area contributed by atoms with E-state index in [1.165, 1.54) is 0 Å². The quantitative estimate of drug-likeness (QED) is 0.539. The maximum atomic E-state index is 5.89. The van der Waals surface area contributed by atoms with Gasteiger partial charge in [0.05, 0.1) is 12.0 Å². The molecule has 0 aliphatic carbocycles. The van der Waals surface area contributed by atoms with Gasteiger partial charge in [-0.25, -0.2) is 15.0 Å². The molecule has 3 aromatic heterocycles. The summed E-state index contributed by atoms with van der Waals surface area (Å²) < 4.78 is 11.3. The Hall–Kier alpha value is -2.99. The number of hydrogen-bond acceptors (Lipinski definition) is 6. The number of nitrogens with zero attached hydrogens (tertiary/aromatic N) is 3. The highest BCUT2D eigenvalue weighted by Gasteiger charge is 2.16. The molecular weight excluding hydrogens is 316 g/mol. The number of hydrogen-bond donors (Lipinski definition) is 1. The lowest BCUT2D eigenvalue weighted by Crippen LogP contribution is -2.11. The minimum absolute atomic E-state index is 0.560. The molecule has 0 aliphatic rings. The van der Waals surface area contributed by atoms with E-state index >= 15 is 0 Å². The van der Waals surface area contributed by atoms with Gasteiger partial charge < -0.3 is 14.5 Å². The summed E-state index contributed by atoms with van der Waals surface area (Å²) in [5.41, 5.74) is 2.89. The molecule has 0 radical (unpaired) electrons. The Kier molecular flexibility index (Phi) is 4.26. The van der Waals surface area contributed by atoms with E-state index in [4.69, 9.17) is 14.1 Å². The molecule has 6 nitrogen and oxygen atoms in total. The van der Waals surface area contributed by atoms with Crippen molar-refractivity contribution < 1.29 is 9.15 Å². The number of ether oxygens (including phenoxy) is 1. The van der Waals surface area contributed by atoms with Crippen molar-refractivity contribution in [3.8, 4) is 11.4 Å². The lowest BCUT2D eigenvalue weighted by molar-refractivity contribution is 0.158. The van der Waals surface area contributed by atoms with Crippen LogP contribution in [-0.2, 0) is 4.74 Å². The fourth-order valence-corrected chi connectivity index (χ4v) is 2.70. The zero-order chi connectivity index (χ0) is 17.1. The smallest absolute Gasteiger partial charge is 0.229 e. The summed E-state index contributed by atoms with van der Waals surface area (Å²) in [4.78, 5) is 13.7. The molecule has 0 amide bonds. The summed E-state index contributed by atoms with van der Waals surface area (Å²) in [6.07, 6.45) is 1.71. The van der Waals surface area contributed by atoms with Crippen molar-refractivity contribution >= 4 is 28.0 Å². The van der Waals surface area contributed by atoms with E-state index in [-0.39, 0.29) is 0 Å². The van der Waals surface area contributed by atoms with E-state index in [2.05, 4.69) is 15.3 Å². The van der Waals surface area contributed by atoms with Crippen LogP contribution in [0, 0.1) is 0 Å². The molecule has 0 saturated carbocycles. The SMILES string of the molecule is CCOCCNc1nc(-c2ccccc2)nc2c1oc1ncccc12. The Morgan fingerprint density at radius 1 is 1.08 bits per heavy atom. The zero-order valence-electron chi connectivity index (χ0n) is 13.9. The second kappa shape index (κ2) is 6.86. The van der Waals surface area contributed by atoms with Crippen LogP contribution in [0.25, 0.3) is 33.6 Å². The van der Waals surface area contributed by atoms with E-state index in [9.17, 15) is 0 Å². The normalized spacial score (nSPS) is 11.2. The molecule has 4 aromatic rings. The second-order valence-electron chi connectivity index (χ2n) is 5.52. The third kappa shape index (κ3) is 3.04. The number of pyridine rings is 1. The Balaban J connectivity index is 1.85. The fraction of sp³-hybridized carbons (Fsp3) is 0.211. The highest BCUT2D eigenvalue weighted by molar-refractivity contribution is 6.05. The van der Waals surface area contributed by atoms with Crippen molar-refractivity contribution in [3.05, 3.63) is 48.7 Å². The first-order valence-electron chi connectivity index (χ1n) is 8.29. The fourth-order valence-electron chi connectivity index (χ4n) is 2.70. The highest BCUT2D eigenvalue weighted by atomic mass is 16.5. The van der Waals surface area contributed by atoms with Crippen molar-refractivity contribution in [1.29, 1.82) is 0 Å². The first-order valence-corrected chi connectivity index (χ1v) is 8.29. The predicted octanol–water partition coefficient (Wildman–Crippen LogP) is 3.89. The Labute approximate surface area is 144 Å². The maximum Gasteiger partial charge on any atom is 0.229 e. The van der Waals surface area contributed by atoms with Crippen molar-refractivity contribution in [2.75, 3.05) is 25.1 Å². The van der Waals surface area contributed by atoms with E-state index in [0.29, 0.717) is 42.7 Å². The van der Waals surface area contributed by atoms with Gasteiger partial charge >= 0.3 is 0 Å². The van der Waals surface area contributed by atoms with Crippen LogP contribution in [0.5, 0.6) is 0 Å². The standard InChI is InChI=1S/C19H18N4O2/c1-2-24-12-11-20-18-16-15(14-9-6-10-21-19(14)25-16)22-17(23-18)13-7-4-3-5-8-13/h3-10H,2,11-12H2,1H3,(H,20,22,23). The molecule has 3 heterocycles. The molecule has 25 heavy (non-hydrogen) atoms. The van der Waals surface area contributed by atoms with Crippen molar-refractivity contribution in [3.63, 3.8) is 0 Å². The van der Waals surface area contributed by atoms with Gasteiger partial charge in [-0.2, -0.15) is 0 Å². The third-order valence-electron chi connectivity index (χ3n) is 3.87. The summed E-state index contributed by atoms with van der Waals surface area (Å²) in [6, 6.07) is 13.7. The van der Waals surface area contributed by atoms with Crippen LogP contribution in [0.15, 0.2) is 53.1 Å². The van der Waals surface area contributed by atoms with Crippen LogP contribution in [0.2, 0.25) is 0 Å². The average Bonchev–Trinajstić information content (AvgIpc) is 3.05. The summed E-state index contributed by atoms with van der Waals surface area (Å²) in [6.45, 7) is 3.89. The Morgan fingerprint density at radius 3 is 2.80 bits per heavy atom. The average molecular weight is 334 g/mol. The van der Waals surface area contributed by atoms with Crippen LogP contribution in [0.1, 0.15) is 6.92 Å². The number of aromatic nitrogens is 3. The van der Waals surface area contributed by atoms with E-state index in [1.54, 1.807) is 6.20 Å². The van der Waals surface area contributed by atoms with Gasteiger partial charge in [-0.1, -0.05) is 30.3 Å². The molecule has 0 spiro atoms. The van der Waals surface area contributed by atoms with Gasteiger partial charge in [0, 0.05) is 24.9 Å². The van der Waals surface area contributed by atoms with Gasteiger partial charge in [0.25, 0.3) is 0 Å². The van der Waals surface area contributed by atoms with Crippen molar-refractivity contribution in [1.82, 2.24) is 15.0 Å². The Morgan fingerprint density at radius 2 is 1.96 bits per heavy atom. The first-order chi connectivity index (χ1) is 12.4. The lowest BCUT2D eigenvalue weighted by atomic mass is 10.2. The predicted molar refractivity (Wildman–Crippen MR) is 97.5 cm³/mol. The molecule has 0 atom stereocenters. The lowest BCUT2D eigenvalue weighted by Gasteiger charge is -2.08. The summed E-state index contributed by atoms with van der Waals surface area (Å²) >= 11 is 0. The van der Waals surface area contributed by atoms with Crippen molar-refractivity contribution in [2.24, 2.45) is 0 Å². The van der Waals surface area contributed by atoms with Gasteiger partial charge in [0.2, 0.25) is 5.71 Å². The molecule has 1 N–H and O–H groups in total. The van der Waals surface area contributed by atoms with Crippen LogP contribution >= 0.6 is 0 Å². The minimum atomic E-state index is 0.560. The summed E-state index contributed by atoms with van der Waals surface area (Å²) in [7, 11) is 0. The van der Waals surface area contributed by atoms with Crippen molar-refractivity contribution in [2.45, 2.75) is 6.92 Å². The molecule has 0 fully saturated rings. The van der Waals surface area contributed by atoms with Gasteiger partial charge in [-0.15, -0.1) is 0 Å². The van der Waals surface area contributed by atoms with Gasteiger partial charge in [0.1, 0.15) is 5.52 Å². The maximum absolute atomic E-state index is 5.89. The minimum Gasteiger partial charge on any atom is -0.432 e. The molecule has 0 aliphatic heterocycles. The number of furan rings is 1. The Bertz CT molecular complexity index is 998. The van der Waals surface area contributed by atoms with E-state index in [1.807, 2.05) is 49.4 Å². The zero-order valence-corrected chi connectivity index (χ0v) is 13.9. The summed E-state index contributed by atoms with van der Waals surface area (Å²) in [5, 5.41) is 4.18. The van der Waals surface area contributed by atoms with E-state index < -0.39 is 0 Å². The molecule has 1 aromatic carbocycles. The van der Waals surface area contributed by atoms with Gasteiger partial charge in [-0.05, 0) is 19.1 Å². The third-order valence-corrected chi connectivity index (χ3v) is 3.87. The molecule has 6 heteroatoms. The molecule has 126 valence electrons. The topological polar surface area (TPSA) is 73.1 Å². The highest BCUT2D eigenvalue weighted by Crippen LogP contribution is 2.32. The molecule has 4 rings (SSSR count). The van der Waals surface area contributed by atoms with E-state index in [0.717, 1.165) is 16.5 Å². The molecule has 0 bridgehead atoms. The number of rotatable bonds is 6. The second-order valence-corrected chi connectivity index (χ2v) is 5.52. The van der Waals surface area contributed by atoms with Crippen LogP contribution in [-0.4, -0.2) is 34.7 Å². The van der Waals surface area contributed by atoms with Gasteiger partial charge in [-0.3, -0.25) is 0 Å². The molecule has 0 unspecified atom stereocenters. The van der Waals surface area contributed by atoms with Crippen LogP contribution in [0.4, 0.5) is 5.82 Å². The first kappa shape index (κ1) is 15.5. The summed E-state index contributed by atoms with van der Waals surface area (Å²) in [5.74, 6) is 1.31. The molecule has 0 saturated heterocycles. The van der Waals surface area contributed by atoms with Crippen LogP contribution in [0.3, 0.4) is 0 Å². The molecular formula is C19H18N4O2. The number of nitrogens with one attached hydrogen (secondary N) is 1. The van der Waals surface area contributed by atoms with Gasteiger partial charge in [0.15, 0.2) is 17.2 Å². The largest absolute Gasteiger partial charge is 0.432 e. The number of benzene rings is 1. The number of fused-ring (bicyclic) bond motifs is 3. The number of anilines is 1. The monoisotopic (exact) mass is 334 g/mol. The van der Waals surface area contributed by atoms with Crippen LogP contribution < -0.4 is 5.32 Å².